The van der Waals surface area contributed by atoms with Crippen LogP contribution in [0.2, 0.25) is 0 Å². The van der Waals surface area contributed by atoms with Crippen molar-refractivity contribution in [2.24, 2.45) is 5.92 Å². The molecule has 1 aromatic carbocycles. The van der Waals surface area contributed by atoms with E-state index in [0.717, 1.165) is 18.9 Å². The molecule has 110 valence electrons. The lowest BCUT2D eigenvalue weighted by Crippen LogP contribution is -2.21. The molecular formula is C15H17F3O2. The Kier molecular flexibility index (Phi) is 4.70. The molecule has 1 fully saturated rings. The molecule has 1 aliphatic heterocycles. The topological polar surface area (TPSA) is 18.5 Å². The van der Waals surface area contributed by atoms with Gasteiger partial charge in [-0.25, -0.2) is 0 Å². The summed E-state index contributed by atoms with van der Waals surface area (Å²) in [6.45, 7) is 5.21. The Morgan fingerprint density at radius 3 is 2.60 bits per heavy atom. The maximum absolute atomic E-state index is 12.9. The highest BCUT2D eigenvalue weighted by molar-refractivity contribution is 5.55. The van der Waals surface area contributed by atoms with Gasteiger partial charge in [0.05, 0.1) is 12.2 Å². The molecule has 0 saturated carbocycles. The van der Waals surface area contributed by atoms with Gasteiger partial charge in [-0.1, -0.05) is 18.7 Å². The number of halogens is 3. The van der Waals surface area contributed by atoms with Crippen molar-refractivity contribution in [2.75, 3.05) is 19.8 Å². The van der Waals surface area contributed by atoms with Crippen LogP contribution in [0.4, 0.5) is 13.2 Å². The number of rotatable bonds is 4. The van der Waals surface area contributed by atoms with Gasteiger partial charge in [-0.15, -0.1) is 0 Å². The van der Waals surface area contributed by atoms with E-state index in [0.29, 0.717) is 25.7 Å². The summed E-state index contributed by atoms with van der Waals surface area (Å²) in [4.78, 5) is 0. The van der Waals surface area contributed by atoms with Crippen LogP contribution in [0.25, 0.3) is 6.08 Å². The standard InChI is InChI=1S/C15H17F3O2/c1-2-12-3-4-13(9-14(12)15(16,17)18)20-10-11-5-7-19-8-6-11/h2-4,9,11H,1,5-8,10H2. The second-order valence-electron chi connectivity index (χ2n) is 4.82. The molecule has 1 saturated heterocycles. The van der Waals surface area contributed by atoms with Crippen molar-refractivity contribution < 1.29 is 22.6 Å². The van der Waals surface area contributed by atoms with E-state index >= 15 is 0 Å². The van der Waals surface area contributed by atoms with Gasteiger partial charge >= 0.3 is 6.18 Å². The Hall–Kier alpha value is -1.49. The van der Waals surface area contributed by atoms with Gasteiger partial charge in [-0.3, -0.25) is 0 Å². The van der Waals surface area contributed by atoms with Crippen molar-refractivity contribution in [3.8, 4) is 5.75 Å². The highest BCUT2D eigenvalue weighted by atomic mass is 19.4. The molecule has 20 heavy (non-hydrogen) atoms. The van der Waals surface area contributed by atoms with Gasteiger partial charge in [-0.05, 0) is 36.5 Å². The predicted octanol–water partition coefficient (Wildman–Crippen LogP) is 4.15. The lowest BCUT2D eigenvalue weighted by molar-refractivity contribution is -0.137. The molecule has 0 unspecified atom stereocenters. The summed E-state index contributed by atoms with van der Waals surface area (Å²) in [5.41, 5.74) is -0.645. The van der Waals surface area contributed by atoms with E-state index in [1.165, 1.54) is 12.1 Å². The molecule has 0 amide bonds. The summed E-state index contributed by atoms with van der Waals surface area (Å²) in [6.07, 6.45) is -1.43. The number of hydrogen-bond donors (Lipinski definition) is 0. The first-order valence-corrected chi connectivity index (χ1v) is 6.55. The van der Waals surface area contributed by atoms with Gasteiger partial charge < -0.3 is 9.47 Å². The fraction of sp³-hybridized carbons (Fsp3) is 0.467. The van der Waals surface area contributed by atoms with Crippen LogP contribution in [0.5, 0.6) is 5.75 Å². The van der Waals surface area contributed by atoms with Crippen molar-refractivity contribution >= 4 is 6.08 Å². The number of benzene rings is 1. The van der Waals surface area contributed by atoms with Crippen molar-refractivity contribution in [1.82, 2.24) is 0 Å². The van der Waals surface area contributed by atoms with Crippen LogP contribution < -0.4 is 4.74 Å². The van der Waals surface area contributed by atoms with Crippen LogP contribution in [0, 0.1) is 5.92 Å². The Bertz CT molecular complexity index is 463. The molecule has 0 aliphatic carbocycles. The molecule has 1 aromatic rings. The molecule has 0 spiro atoms. The minimum atomic E-state index is -4.40. The predicted molar refractivity (Wildman–Crippen MR) is 70.6 cm³/mol. The highest BCUT2D eigenvalue weighted by Gasteiger charge is 2.33. The Balaban J connectivity index is 2.06. The van der Waals surface area contributed by atoms with E-state index in [2.05, 4.69) is 6.58 Å². The first-order chi connectivity index (χ1) is 9.50. The van der Waals surface area contributed by atoms with Crippen LogP contribution >= 0.6 is 0 Å². The van der Waals surface area contributed by atoms with E-state index in [9.17, 15) is 13.2 Å². The second kappa shape index (κ2) is 6.31. The van der Waals surface area contributed by atoms with Gasteiger partial charge in [0.25, 0.3) is 0 Å². The third-order valence-corrected chi connectivity index (χ3v) is 3.38. The zero-order chi connectivity index (χ0) is 14.6. The van der Waals surface area contributed by atoms with Gasteiger partial charge in [-0.2, -0.15) is 13.2 Å². The monoisotopic (exact) mass is 286 g/mol. The fourth-order valence-electron chi connectivity index (χ4n) is 2.18. The minimum Gasteiger partial charge on any atom is -0.493 e. The molecule has 5 heteroatoms. The van der Waals surface area contributed by atoms with Gasteiger partial charge in [0.1, 0.15) is 5.75 Å². The van der Waals surface area contributed by atoms with E-state index in [1.807, 2.05) is 0 Å². The normalized spacial score (nSPS) is 16.9. The zero-order valence-corrected chi connectivity index (χ0v) is 11.1. The first kappa shape index (κ1) is 14.9. The summed E-state index contributed by atoms with van der Waals surface area (Å²) in [5, 5.41) is 0. The van der Waals surface area contributed by atoms with Gasteiger partial charge in [0, 0.05) is 13.2 Å². The Morgan fingerprint density at radius 1 is 1.30 bits per heavy atom. The summed E-state index contributed by atoms with van der Waals surface area (Å²) >= 11 is 0. The largest absolute Gasteiger partial charge is 0.493 e. The van der Waals surface area contributed by atoms with Crippen LogP contribution in [0.3, 0.4) is 0 Å². The molecule has 0 N–H and O–H groups in total. The minimum absolute atomic E-state index is 0.0657. The highest BCUT2D eigenvalue weighted by Crippen LogP contribution is 2.35. The maximum Gasteiger partial charge on any atom is 0.417 e. The summed E-state index contributed by atoms with van der Waals surface area (Å²) in [7, 11) is 0. The summed E-state index contributed by atoms with van der Waals surface area (Å²) in [6, 6.07) is 3.97. The van der Waals surface area contributed by atoms with Gasteiger partial charge in [0.15, 0.2) is 0 Å². The SMILES string of the molecule is C=Cc1ccc(OCC2CCOCC2)cc1C(F)(F)F. The lowest BCUT2D eigenvalue weighted by Gasteiger charge is -2.22. The quantitative estimate of drug-likeness (QED) is 0.827. The second-order valence-corrected chi connectivity index (χ2v) is 4.82. The van der Waals surface area contributed by atoms with Crippen molar-refractivity contribution in [1.29, 1.82) is 0 Å². The van der Waals surface area contributed by atoms with Gasteiger partial charge in [0.2, 0.25) is 0 Å². The van der Waals surface area contributed by atoms with Crippen molar-refractivity contribution in [3.63, 3.8) is 0 Å². The zero-order valence-electron chi connectivity index (χ0n) is 11.1. The van der Waals surface area contributed by atoms with Crippen LogP contribution in [-0.4, -0.2) is 19.8 Å². The van der Waals surface area contributed by atoms with Crippen molar-refractivity contribution in [3.05, 3.63) is 35.9 Å². The average molecular weight is 286 g/mol. The van der Waals surface area contributed by atoms with Crippen LogP contribution in [-0.2, 0) is 10.9 Å². The molecule has 0 aromatic heterocycles. The summed E-state index contributed by atoms with van der Waals surface area (Å²) in [5.74, 6) is 0.589. The first-order valence-electron chi connectivity index (χ1n) is 6.55. The molecule has 1 aliphatic rings. The van der Waals surface area contributed by atoms with E-state index in [1.54, 1.807) is 6.07 Å². The molecule has 1 heterocycles. The third-order valence-electron chi connectivity index (χ3n) is 3.38. The third kappa shape index (κ3) is 3.76. The fourth-order valence-corrected chi connectivity index (χ4v) is 2.18. The number of alkyl halides is 3. The maximum atomic E-state index is 12.9. The summed E-state index contributed by atoms with van der Waals surface area (Å²) < 4.78 is 49.4. The van der Waals surface area contributed by atoms with E-state index in [4.69, 9.17) is 9.47 Å². The molecule has 0 atom stereocenters. The Labute approximate surface area is 116 Å². The average Bonchev–Trinajstić information content (AvgIpc) is 2.45. The molecule has 0 bridgehead atoms. The molecular weight excluding hydrogens is 269 g/mol. The van der Waals surface area contributed by atoms with E-state index in [-0.39, 0.29) is 11.3 Å². The van der Waals surface area contributed by atoms with Crippen LogP contribution in [0.1, 0.15) is 24.0 Å². The number of ether oxygens (including phenoxy) is 2. The molecule has 2 rings (SSSR count). The lowest BCUT2D eigenvalue weighted by atomic mass is 10.0. The van der Waals surface area contributed by atoms with Crippen molar-refractivity contribution in [2.45, 2.75) is 19.0 Å². The molecule has 0 radical (unpaired) electrons. The van der Waals surface area contributed by atoms with E-state index < -0.39 is 11.7 Å². The smallest absolute Gasteiger partial charge is 0.417 e. The number of hydrogen-bond acceptors (Lipinski definition) is 2. The van der Waals surface area contributed by atoms with Crippen LogP contribution in [0.15, 0.2) is 24.8 Å². The molecule has 2 nitrogen and oxygen atoms in total. The Morgan fingerprint density at radius 2 is 2.00 bits per heavy atom.